The highest BCUT2D eigenvalue weighted by Crippen LogP contribution is 2.20. The second-order valence-electron chi connectivity index (χ2n) is 14.4. The number of hydrogen-bond acceptors (Lipinski definition) is 13. The Morgan fingerprint density at radius 1 is 0.830 bits per heavy atom. The lowest BCUT2D eigenvalue weighted by Crippen LogP contribution is -2.59. The number of ether oxygens (including phenoxy) is 3. The molecule has 0 radical (unpaired) electrons. The van der Waals surface area contributed by atoms with Gasteiger partial charge < -0.3 is 45.0 Å². The first kappa shape index (κ1) is 56.9. The minimum atomic E-state index is -0.937. The smallest absolute Gasteiger partial charge is 0.407 e. The minimum Gasteiger partial charge on any atom is -0.480 e. The Hall–Kier alpha value is -2.85. The number of alkyl carbamates (subject to hydrolysis) is 1. The summed E-state index contributed by atoms with van der Waals surface area (Å²) in [5.41, 5.74) is -0.597. The molecule has 2 rings (SSSR count). The van der Waals surface area contributed by atoms with E-state index in [1.807, 2.05) is 18.7 Å². The number of aldehydes is 1. The number of esters is 2. The first-order valence-electron chi connectivity index (χ1n) is 17.8. The molecule has 2 fully saturated rings. The Morgan fingerprint density at radius 3 is 1.72 bits per heavy atom. The van der Waals surface area contributed by atoms with Gasteiger partial charge in [0.05, 0.1) is 31.5 Å². The van der Waals surface area contributed by atoms with Gasteiger partial charge in [-0.25, -0.2) is 4.79 Å². The molecule has 6 atom stereocenters. The summed E-state index contributed by atoms with van der Waals surface area (Å²) in [5, 5.41) is 35.0. The van der Waals surface area contributed by atoms with Gasteiger partial charge in [0.2, 0.25) is 0 Å². The number of hydrogen-bond donors (Lipinski definition) is 5. The third kappa shape index (κ3) is 24.2. The van der Waals surface area contributed by atoms with Crippen molar-refractivity contribution in [2.45, 2.75) is 159 Å². The molecule has 0 aliphatic carbocycles. The Labute approximate surface area is 320 Å². The Morgan fingerprint density at radius 2 is 1.34 bits per heavy atom. The SMILES string of the molecule is C.C.C.CC(C)CC=O.CC(NC(=O)OC(C)(C)C)C(O)CN1CC[C@H]1C(=O)O.CCOC(=O)[C@@H](NCCC(C)C)C(O)CN1CC[C@H]1C(=O)OCC. The molecule has 0 bridgehead atoms. The summed E-state index contributed by atoms with van der Waals surface area (Å²) in [6, 6.07) is -2.15. The number of aliphatic hydroxyl groups is 2. The highest BCUT2D eigenvalue weighted by atomic mass is 16.6. The van der Waals surface area contributed by atoms with Gasteiger partial charge >= 0.3 is 24.0 Å². The van der Waals surface area contributed by atoms with Crippen LogP contribution in [0.4, 0.5) is 4.79 Å². The number of carbonyl (C=O) groups is 5. The quantitative estimate of drug-likeness (QED) is 0.0757. The van der Waals surface area contributed by atoms with Gasteiger partial charge in [-0.1, -0.05) is 50.0 Å². The fourth-order valence-electron chi connectivity index (χ4n) is 4.77. The lowest BCUT2D eigenvalue weighted by atomic mass is 10.0. The second kappa shape index (κ2) is 29.5. The van der Waals surface area contributed by atoms with Crippen molar-refractivity contribution in [1.82, 2.24) is 20.4 Å². The van der Waals surface area contributed by atoms with Crippen LogP contribution >= 0.6 is 0 Å². The van der Waals surface area contributed by atoms with Crippen molar-refractivity contribution < 1.29 is 53.5 Å². The molecule has 2 heterocycles. The van der Waals surface area contributed by atoms with Gasteiger partial charge in [0.1, 0.15) is 30.0 Å². The Bertz CT molecular complexity index is 1020. The van der Waals surface area contributed by atoms with Gasteiger partial charge in [-0.3, -0.25) is 24.2 Å². The largest absolute Gasteiger partial charge is 0.480 e. The topological polar surface area (TPSA) is 204 Å². The molecule has 2 saturated heterocycles. The van der Waals surface area contributed by atoms with Crippen LogP contribution in [-0.4, -0.2) is 143 Å². The van der Waals surface area contributed by atoms with E-state index in [1.54, 1.807) is 46.4 Å². The molecule has 2 aliphatic rings. The van der Waals surface area contributed by atoms with Crippen molar-refractivity contribution in [3.63, 3.8) is 0 Å². The zero-order valence-electron chi connectivity index (χ0n) is 32.0. The fourth-order valence-corrected chi connectivity index (χ4v) is 4.77. The van der Waals surface area contributed by atoms with E-state index in [-0.39, 0.29) is 54.0 Å². The first-order valence-corrected chi connectivity index (χ1v) is 17.8. The van der Waals surface area contributed by atoms with Gasteiger partial charge in [-0.15, -0.1) is 0 Å². The van der Waals surface area contributed by atoms with E-state index in [2.05, 4.69) is 24.5 Å². The number of aliphatic carboxylic acids is 1. The number of aliphatic hydroxyl groups excluding tert-OH is 2. The van der Waals surface area contributed by atoms with Crippen LogP contribution in [0.1, 0.15) is 117 Å². The molecule has 0 aromatic heterocycles. The first-order chi connectivity index (χ1) is 23.3. The normalized spacial score (nSPS) is 18.8. The molecular weight excluding hydrogens is 688 g/mol. The second-order valence-corrected chi connectivity index (χ2v) is 14.4. The summed E-state index contributed by atoms with van der Waals surface area (Å²) in [6.07, 6.45) is 1.48. The van der Waals surface area contributed by atoms with Crippen molar-refractivity contribution in [3.05, 3.63) is 0 Å². The van der Waals surface area contributed by atoms with E-state index in [0.717, 1.165) is 19.1 Å². The third-order valence-electron chi connectivity index (χ3n) is 7.85. The maximum Gasteiger partial charge on any atom is 0.407 e. The van der Waals surface area contributed by atoms with Crippen LogP contribution in [0.2, 0.25) is 0 Å². The summed E-state index contributed by atoms with van der Waals surface area (Å²) < 4.78 is 15.2. The molecule has 15 heteroatoms. The van der Waals surface area contributed by atoms with Crippen LogP contribution in [0, 0.1) is 11.8 Å². The molecular formula is C38H78N4O11. The number of amides is 1. The Balaban J connectivity index is -0.000000377. The molecule has 0 aromatic rings. The van der Waals surface area contributed by atoms with E-state index >= 15 is 0 Å². The molecule has 3 unspecified atom stereocenters. The predicted octanol–water partition coefficient (Wildman–Crippen LogP) is 4.11. The maximum atomic E-state index is 12.1. The number of carbonyl (C=O) groups excluding carboxylic acids is 4. The lowest BCUT2D eigenvalue weighted by molar-refractivity contribution is -0.156. The molecule has 15 nitrogen and oxygen atoms in total. The summed E-state index contributed by atoms with van der Waals surface area (Å²) in [5.74, 6) is -0.571. The summed E-state index contributed by atoms with van der Waals surface area (Å²) in [7, 11) is 0. The van der Waals surface area contributed by atoms with E-state index in [9.17, 15) is 34.2 Å². The number of nitrogens with one attached hydrogen (secondary N) is 2. The Kier molecular flexibility index (Phi) is 31.7. The van der Waals surface area contributed by atoms with Gasteiger partial charge in [0.15, 0.2) is 0 Å². The zero-order valence-corrected chi connectivity index (χ0v) is 32.0. The van der Waals surface area contributed by atoms with Gasteiger partial charge in [-0.2, -0.15) is 0 Å². The van der Waals surface area contributed by atoms with Crippen molar-refractivity contribution in [1.29, 1.82) is 0 Å². The highest BCUT2D eigenvalue weighted by molar-refractivity contribution is 5.77. The standard InChI is InChI=1S/C17H32N2O5.C13H24N2O5.C5H10O.3CH4/c1-5-23-16(21)13-8-10-19(13)11-14(20)15(17(22)24-6-2)18-9-7-12(3)4;1-8(14-12(19)20-13(2,3)4)10(16)7-15-6-5-9(15)11(17)18;1-5(2)3-4-6;;;/h12-15,18,20H,5-11H2,1-4H3;8-10,16H,5-7H2,1-4H3,(H,14,19)(H,17,18);4-5H,3H2,1-2H3;3*1H4/t13-,14?,15-;8?,9-,10?;;;;/m00..../s1. The van der Waals surface area contributed by atoms with Crippen molar-refractivity contribution in [2.24, 2.45) is 11.8 Å². The van der Waals surface area contributed by atoms with Gasteiger partial charge in [0, 0.05) is 32.6 Å². The number of rotatable bonds is 18. The minimum absolute atomic E-state index is 0. The average molecular weight is 767 g/mol. The number of carboxylic acid groups (broad SMARTS) is 1. The van der Waals surface area contributed by atoms with Crippen molar-refractivity contribution in [3.8, 4) is 0 Å². The number of carboxylic acids is 1. The third-order valence-corrected chi connectivity index (χ3v) is 7.85. The van der Waals surface area contributed by atoms with Crippen LogP contribution < -0.4 is 10.6 Å². The van der Waals surface area contributed by atoms with Crippen LogP contribution in [0.25, 0.3) is 0 Å². The van der Waals surface area contributed by atoms with Crippen molar-refractivity contribution in [2.75, 3.05) is 45.9 Å². The van der Waals surface area contributed by atoms with Gasteiger partial charge in [0.25, 0.3) is 0 Å². The van der Waals surface area contributed by atoms with E-state index in [0.29, 0.717) is 50.9 Å². The predicted molar refractivity (Wildman–Crippen MR) is 209 cm³/mol. The number of likely N-dealkylation sites (tertiary alicyclic amines) is 2. The summed E-state index contributed by atoms with van der Waals surface area (Å²) in [6.45, 7) is 21.7. The average Bonchev–Trinajstić information content (AvgIpc) is 2.94. The monoisotopic (exact) mass is 767 g/mol. The fraction of sp³-hybridized carbons (Fsp3) is 0.868. The summed E-state index contributed by atoms with van der Waals surface area (Å²) >= 11 is 0. The van der Waals surface area contributed by atoms with E-state index in [1.165, 1.54) is 0 Å². The van der Waals surface area contributed by atoms with Crippen molar-refractivity contribution >= 4 is 30.3 Å². The van der Waals surface area contributed by atoms with Crippen LogP contribution in [0.3, 0.4) is 0 Å². The molecule has 0 saturated carbocycles. The summed E-state index contributed by atoms with van der Waals surface area (Å²) in [4.78, 5) is 59.5. The van der Waals surface area contributed by atoms with Crippen LogP contribution in [0.15, 0.2) is 0 Å². The number of β-amino-alcohol motifs (C(OH)–C–C–N with tert-alkyl or cyclic N) is 2. The molecule has 5 N–H and O–H groups in total. The van der Waals surface area contributed by atoms with Crippen LogP contribution in [-0.2, 0) is 33.4 Å². The van der Waals surface area contributed by atoms with Crippen LogP contribution in [0.5, 0.6) is 0 Å². The van der Waals surface area contributed by atoms with E-state index < -0.39 is 54.0 Å². The maximum absolute atomic E-state index is 12.1. The van der Waals surface area contributed by atoms with E-state index in [4.69, 9.17) is 19.3 Å². The molecule has 2 aliphatic heterocycles. The molecule has 53 heavy (non-hydrogen) atoms. The number of nitrogens with zero attached hydrogens (tertiary/aromatic N) is 2. The van der Waals surface area contributed by atoms with Gasteiger partial charge in [-0.05, 0) is 79.2 Å². The molecule has 0 aromatic carbocycles. The molecule has 0 spiro atoms. The zero-order chi connectivity index (χ0) is 38.6. The molecule has 316 valence electrons. The highest BCUT2D eigenvalue weighted by Gasteiger charge is 2.39. The molecule has 1 amide bonds. The lowest BCUT2D eigenvalue weighted by Gasteiger charge is -2.40.